The number of hydrazone groups is 1. The fourth-order valence-corrected chi connectivity index (χ4v) is 4.06. The predicted octanol–water partition coefficient (Wildman–Crippen LogP) is 5.87. The van der Waals surface area contributed by atoms with Gasteiger partial charge in [0.05, 0.1) is 6.04 Å². The molecule has 0 radical (unpaired) electrons. The van der Waals surface area contributed by atoms with E-state index in [1.54, 1.807) is 5.01 Å². The van der Waals surface area contributed by atoms with Gasteiger partial charge in [0, 0.05) is 22.0 Å². The van der Waals surface area contributed by atoms with Gasteiger partial charge in [0.25, 0.3) is 0 Å². The van der Waals surface area contributed by atoms with Crippen LogP contribution in [0.1, 0.15) is 41.3 Å². The molecule has 2 aromatic carbocycles. The van der Waals surface area contributed by atoms with E-state index in [1.165, 1.54) is 6.07 Å². The first-order chi connectivity index (χ1) is 13.5. The summed E-state index contributed by atoms with van der Waals surface area (Å²) in [6.07, 6.45) is -0.0396. The van der Waals surface area contributed by atoms with Crippen LogP contribution in [0.2, 0.25) is 0 Å². The highest BCUT2D eigenvalue weighted by Crippen LogP contribution is 2.48. The van der Waals surface area contributed by atoms with Gasteiger partial charge < -0.3 is 9.15 Å². The Labute approximate surface area is 168 Å². The minimum atomic E-state index is -0.913. The van der Waals surface area contributed by atoms with Crippen LogP contribution in [0.15, 0.2) is 62.5 Å². The number of rotatable bonds is 2. The van der Waals surface area contributed by atoms with Crippen molar-refractivity contribution in [3.05, 3.63) is 87.3 Å². The summed E-state index contributed by atoms with van der Waals surface area (Å²) in [4.78, 5) is 0. The first-order valence-corrected chi connectivity index (χ1v) is 9.62. The van der Waals surface area contributed by atoms with Gasteiger partial charge in [0.15, 0.2) is 11.6 Å². The van der Waals surface area contributed by atoms with Gasteiger partial charge in [-0.05, 0) is 49.4 Å². The maximum absolute atomic E-state index is 13.9. The second-order valence-electron chi connectivity index (χ2n) is 6.88. The molecule has 0 bridgehead atoms. The molecule has 0 amide bonds. The van der Waals surface area contributed by atoms with Gasteiger partial charge >= 0.3 is 0 Å². The van der Waals surface area contributed by atoms with Gasteiger partial charge in [0.2, 0.25) is 6.23 Å². The number of hydrogen-bond donors (Lipinski definition) is 0. The molecule has 0 fully saturated rings. The van der Waals surface area contributed by atoms with Crippen molar-refractivity contribution in [2.45, 2.75) is 25.6 Å². The molecule has 2 aliphatic rings. The predicted molar refractivity (Wildman–Crippen MR) is 103 cm³/mol. The first-order valence-electron chi connectivity index (χ1n) is 8.83. The van der Waals surface area contributed by atoms with Gasteiger partial charge in [-0.15, -0.1) is 0 Å². The molecule has 4 nitrogen and oxygen atoms in total. The fourth-order valence-electron chi connectivity index (χ4n) is 3.68. The number of nitrogens with zero attached hydrogens (tertiary/aromatic N) is 2. The maximum atomic E-state index is 13.9. The second-order valence-corrected chi connectivity index (χ2v) is 7.80. The number of halogens is 3. The van der Waals surface area contributed by atoms with Crippen molar-refractivity contribution >= 4 is 21.6 Å². The highest BCUT2D eigenvalue weighted by Gasteiger charge is 2.41. The summed E-state index contributed by atoms with van der Waals surface area (Å²) in [5.41, 5.74) is 2.27. The molecule has 0 aliphatic carbocycles. The molecular formula is C21H15BrF2N2O2. The van der Waals surface area contributed by atoms with E-state index in [0.29, 0.717) is 23.5 Å². The molecule has 0 N–H and O–H groups in total. The Morgan fingerprint density at radius 1 is 1.07 bits per heavy atom. The van der Waals surface area contributed by atoms with E-state index in [-0.39, 0.29) is 6.04 Å². The van der Waals surface area contributed by atoms with Crippen molar-refractivity contribution in [2.24, 2.45) is 5.10 Å². The van der Waals surface area contributed by atoms with Crippen molar-refractivity contribution in [2.75, 3.05) is 0 Å². The summed E-state index contributed by atoms with van der Waals surface area (Å²) < 4.78 is 40.1. The topological polar surface area (TPSA) is 38.0 Å². The molecule has 0 spiro atoms. The average molecular weight is 445 g/mol. The lowest BCUT2D eigenvalue weighted by Crippen LogP contribution is -2.33. The molecule has 3 heterocycles. The van der Waals surface area contributed by atoms with Crippen LogP contribution in [0.4, 0.5) is 8.78 Å². The Morgan fingerprint density at radius 2 is 1.93 bits per heavy atom. The van der Waals surface area contributed by atoms with Gasteiger partial charge in [-0.1, -0.05) is 22.0 Å². The molecule has 5 rings (SSSR count). The Hall–Kier alpha value is -2.67. The fraction of sp³-hybridized carbons (Fsp3) is 0.190. The van der Waals surface area contributed by atoms with E-state index in [0.717, 1.165) is 33.6 Å². The summed E-state index contributed by atoms with van der Waals surface area (Å²) >= 11 is 3.51. The van der Waals surface area contributed by atoms with Gasteiger partial charge in [-0.3, -0.25) is 0 Å². The second kappa shape index (κ2) is 6.44. The largest absolute Gasteiger partial charge is 0.464 e. The lowest BCUT2D eigenvalue weighted by Gasteiger charge is -2.38. The molecule has 3 aromatic rings. The van der Waals surface area contributed by atoms with Crippen molar-refractivity contribution in [1.29, 1.82) is 0 Å². The first kappa shape index (κ1) is 17.4. The van der Waals surface area contributed by atoms with Crippen LogP contribution < -0.4 is 4.74 Å². The lowest BCUT2D eigenvalue weighted by molar-refractivity contribution is -0.0193. The third-order valence-corrected chi connectivity index (χ3v) is 5.50. The third-order valence-electron chi connectivity index (χ3n) is 5.01. The molecule has 28 heavy (non-hydrogen) atoms. The Bertz CT molecular complexity index is 1110. The maximum Gasteiger partial charge on any atom is 0.213 e. The van der Waals surface area contributed by atoms with E-state index >= 15 is 0 Å². The van der Waals surface area contributed by atoms with Crippen LogP contribution >= 0.6 is 15.9 Å². The minimum Gasteiger partial charge on any atom is -0.464 e. The number of hydrogen-bond acceptors (Lipinski definition) is 4. The highest BCUT2D eigenvalue weighted by atomic mass is 79.9. The molecule has 0 saturated heterocycles. The van der Waals surface area contributed by atoms with Gasteiger partial charge in [-0.2, -0.15) is 5.10 Å². The molecule has 0 saturated carbocycles. The summed E-state index contributed by atoms with van der Waals surface area (Å²) in [7, 11) is 0. The molecule has 1 aromatic heterocycles. The van der Waals surface area contributed by atoms with Crippen molar-refractivity contribution in [3.63, 3.8) is 0 Å². The number of furan rings is 1. The van der Waals surface area contributed by atoms with Crippen LogP contribution in [0.25, 0.3) is 0 Å². The highest BCUT2D eigenvalue weighted by molar-refractivity contribution is 9.10. The molecule has 2 aliphatic heterocycles. The van der Waals surface area contributed by atoms with E-state index < -0.39 is 17.9 Å². The van der Waals surface area contributed by atoms with E-state index in [4.69, 9.17) is 14.3 Å². The Balaban J connectivity index is 1.62. The Morgan fingerprint density at radius 3 is 2.68 bits per heavy atom. The molecule has 2 atom stereocenters. The average Bonchev–Trinajstić information content (AvgIpc) is 3.30. The smallest absolute Gasteiger partial charge is 0.213 e. The van der Waals surface area contributed by atoms with Gasteiger partial charge in [0.1, 0.15) is 23.0 Å². The van der Waals surface area contributed by atoms with Crippen LogP contribution in [0.3, 0.4) is 0 Å². The number of ether oxygens (including phenoxy) is 1. The SMILES string of the molecule is Cc1ccc(C2=NN3C(C2)c2cc(Br)ccc2OC3c2ccc(F)c(F)c2)o1. The summed E-state index contributed by atoms with van der Waals surface area (Å²) in [5, 5.41) is 6.53. The number of fused-ring (bicyclic) bond motifs is 3. The zero-order valence-corrected chi connectivity index (χ0v) is 16.4. The summed E-state index contributed by atoms with van der Waals surface area (Å²) in [5.74, 6) is 0.402. The van der Waals surface area contributed by atoms with E-state index in [1.807, 2.05) is 37.3 Å². The Kier molecular flexibility index (Phi) is 4.01. The standard InChI is InChI=1S/C21H15BrF2N2O2/c1-11-2-6-20(27-11)17-10-18-14-9-13(22)4-7-19(14)28-21(26(18)25-17)12-3-5-15(23)16(24)8-12/h2-9,18,21H,10H2,1H3. The van der Waals surface area contributed by atoms with E-state index in [2.05, 4.69) is 15.9 Å². The summed E-state index contributed by atoms with van der Waals surface area (Å²) in [6.45, 7) is 1.88. The zero-order valence-electron chi connectivity index (χ0n) is 14.8. The monoisotopic (exact) mass is 444 g/mol. The lowest BCUT2D eigenvalue weighted by atomic mass is 9.97. The van der Waals surface area contributed by atoms with Crippen LogP contribution in [0.5, 0.6) is 5.75 Å². The van der Waals surface area contributed by atoms with Crippen LogP contribution in [-0.2, 0) is 0 Å². The van der Waals surface area contributed by atoms with Crippen LogP contribution in [-0.4, -0.2) is 10.7 Å². The van der Waals surface area contributed by atoms with E-state index in [9.17, 15) is 8.78 Å². The third kappa shape index (κ3) is 2.81. The molecule has 7 heteroatoms. The van der Waals surface area contributed by atoms with Crippen LogP contribution in [0, 0.1) is 18.6 Å². The number of aryl methyl sites for hydroxylation is 1. The molecular weight excluding hydrogens is 430 g/mol. The molecule has 142 valence electrons. The number of benzene rings is 2. The normalized spacial score (nSPS) is 20.4. The van der Waals surface area contributed by atoms with Crippen molar-refractivity contribution in [3.8, 4) is 5.75 Å². The van der Waals surface area contributed by atoms with Crippen molar-refractivity contribution < 1.29 is 17.9 Å². The quantitative estimate of drug-likeness (QED) is 0.495. The van der Waals surface area contributed by atoms with Crippen molar-refractivity contribution in [1.82, 2.24) is 5.01 Å². The zero-order chi connectivity index (χ0) is 19.4. The molecule has 2 unspecified atom stereocenters. The van der Waals surface area contributed by atoms with Gasteiger partial charge in [-0.25, -0.2) is 13.8 Å². The minimum absolute atomic E-state index is 0.0974. The summed E-state index contributed by atoms with van der Waals surface area (Å²) in [6, 6.07) is 13.2.